The van der Waals surface area contributed by atoms with E-state index >= 15 is 0 Å². The number of nitro groups is 1. The van der Waals surface area contributed by atoms with Gasteiger partial charge in [-0.2, -0.15) is 0 Å². The molecule has 1 heterocycles. The number of ether oxygens (including phenoxy) is 1. The number of likely N-dealkylation sites (tertiary alicyclic amines) is 1. The molecule has 0 saturated carbocycles. The van der Waals surface area contributed by atoms with E-state index in [0.717, 1.165) is 45.3 Å². The van der Waals surface area contributed by atoms with Gasteiger partial charge in [-0.25, -0.2) is 0 Å². The normalized spacial score (nSPS) is 16.6. The molecule has 40 heavy (non-hydrogen) atoms. The maximum absolute atomic E-state index is 13.3. The van der Waals surface area contributed by atoms with Gasteiger partial charge in [-0.1, -0.05) is 32.8 Å². The Morgan fingerprint density at radius 3 is 2.20 bits per heavy atom. The van der Waals surface area contributed by atoms with E-state index < -0.39 is 28.4 Å². The summed E-state index contributed by atoms with van der Waals surface area (Å²) in [6.45, 7) is 9.35. The fourth-order valence-corrected chi connectivity index (χ4v) is 4.89. The molecule has 10 nitrogen and oxygen atoms in total. The Bertz CT molecular complexity index is 1220. The number of nitrogens with zero attached hydrogens (tertiary/aromatic N) is 3. The Morgan fingerprint density at radius 2 is 1.62 bits per heavy atom. The zero-order valence-corrected chi connectivity index (χ0v) is 23.5. The Hall–Kier alpha value is -3.92. The van der Waals surface area contributed by atoms with E-state index in [4.69, 9.17) is 4.74 Å². The molecule has 1 saturated heterocycles. The molecule has 0 aliphatic carbocycles. The van der Waals surface area contributed by atoms with Gasteiger partial charge in [0, 0.05) is 24.2 Å². The average molecular weight is 554 g/mol. The predicted molar refractivity (Wildman–Crippen MR) is 152 cm³/mol. The molecule has 1 aliphatic rings. The second-order valence-corrected chi connectivity index (χ2v) is 9.86. The quantitative estimate of drug-likeness (QED) is 0.0983. The number of unbranched alkanes of at least 4 members (excludes halogenated alkanes) is 2. The maximum atomic E-state index is 13.3. The minimum atomic E-state index is -0.922. The van der Waals surface area contributed by atoms with E-state index in [1.54, 1.807) is 19.1 Å². The maximum Gasteiger partial charge on any atom is 0.295 e. The summed E-state index contributed by atoms with van der Waals surface area (Å²) < 4.78 is 5.54. The first kappa shape index (κ1) is 30.6. The number of Topliss-reactive ketones (excluding diaryl/α,β-unsaturated/α-hetero) is 1. The molecule has 1 atom stereocenters. The van der Waals surface area contributed by atoms with E-state index in [9.17, 15) is 29.9 Å². The lowest BCUT2D eigenvalue weighted by molar-refractivity contribution is -0.384. The summed E-state index contributed by atoms with van der Waals surface area (Å²) in [6, 6.07) is 8.84. The van der Waals surface area contributed by atoms with Crippen molar-refractivity contribution in [2.75, 3.05) is 32.8 Å². The third-order valence-electron chi connectivity index (χ3n) is 7.02. The summed E-state index contributed by atoms with van der Waals surface area (Å²) in [7, 11) is 0. The fraction of sp³-hybridized carbons (Fsp3) is 0.467. The minimum Gasteiger partial charge on any atom is -0.507 e. The summed E-state index contributed by atoms with van der Waals surface area (Å²) in [5.74, 6) is -1.86. The van der Waals surface area contributed by atoms with Crippen LogP contribution in [-0.2, 0) is 9.59 Å². The highest BCUT2D eigenvalue weighted by Crippen LogP contribution is 2.42. The molecule has 2 aromatic rings. The molecule has 3 rings (SSSR count). The number of rotatable bonds is 15. The molecule has 1 fully saturated rings. The summed E-state index contributed by atoms with van der Waals surface area (Å²) in [5.41, 5.74) is 0.408. The predicted octanol–water partition coefficient (Wildman–Crippen LogP) is 5.41. The largest absolute Gasteiger partial charge is 0.507 e. The van der Waals surface area contributed by atoms with Crippen LogP contribution in [0, 0.1) is 10.1 Å². The summed E-state index contributed by atoms with van der Waals surface area (Å²) >= 11 is 0. The highest BCUT2D eigenvalue weighted by molar-refractivity contribution is 6.46. The van der Waals surface area contributed by atoms with E-state index in [2.05, 4.69) is 18.7 Å². The van der Waals surface area contributed by atoms with Crippen LogP contribution in [0.1, 0.15) is 70.0 Å². The molecule has 0 aromatic heterocycles. The highest BCUT2D eigenvalue weighted by atomic mass is 16.6. The van der Waals surface area contributed by atoms with Crippen LogP contribution in [0.25, 0.3) is 5.76 Å². The molecule has 10 heteroatoms. The average Bonchev–Trinajstić information content (AvgIpc) is 3.20. The molecule has 2 N–H and O–H groups in total. The number of hydrogen-bond donors (Lipinski definition) is 2. The number of nitro benzene ring substituents is 1. The lowest BCUT2D eigenvalue weighted by atomic mass is 9.95. The van der Waals surface area contributed by atoms with Gasteiger partial charge < -0.3 is 24.7 Å². The number of non-ortho nitro benzene ring substituents is 1. The molecule has 1 amide bonds. The Labute approximate surface area is 235 Å². The Kier molecular flexibility index (Phi) is 11.1. The van der Waals surface area contributed by atoms with Crippen LogP contribution in [0.3, 0.4) is 0 Å². The van der Waals surface area contributed by atoms with E-state index in [0.29, 0.717) is 18.6 Å². The summed E-state index contributed by atoms with van der Waals surface area (Å²) in [4.78, 5) is 41.0. The van der Waals surface area contributed by atoms with Crippen LogP contribution in [-0.4, -0.2) is 69.4 Å². The second kappa shape index (κ2) is 14.5. The monoisotopic (exact) mass is 553 g/mol. The van der Waals surface area contributed by atoms with E-state index in [1.807, 2.05) is 0 Å². The first-order valence-electron chi connectivity index (χ1n) is 13.9. The van der Waals surface area contributed by atoms with Crippen molar-refractivity contribution in [3.63, 3.8) is 0 Å². The number of carbonyl (C=O) groups excluding carboxylic acids is 2. The third-order valence-corrected chi connectivity index (χ3v) is 7.02. The van der Waals surface area contributed by atoms with Gasteiger partial charge in [0.2, 0.25) is 0 Å². The number of phenolic OH excluding ortho intramolecular Hbond substituents is 1. The fourth-order valence-electron chi connectivity index (χ4n) is 4.89. The molecule has 1 aliphatic heterocycles. The van der Waals surface area contributed by atoms with Gasteiger partial charge in [0.15, 0.2) is 11.5 Å². The zero-order chi connectivity index (χ0) is 29.2. The van der Waals surface area contributed by atoms with Crippen LogP contribution >= 0.6 is 0 Å². The van der Waals surface area contributed by atoms with Gasteiger partial charge in [-0.3, -0.25) is 19.7 Å². The van der Waals surface area contributed by atoms with Crippen molar-refractivity contribution in [2.45, 2.75) is 58.9 Å². The van der Waals surface area contributed by atoms with Crippen molar-refractivity contribution in [2.24, 2.45) is 0 Å². The third kappa shape index (κ3) is 7.18. The van der Waals surface area contributed by atoms with Gasteiger partial charge >= 0.3 is 0 Å². The SMILES string of the molecule is CCCCN(CCCC)CCCN1C(=O)C(=O)/C(=C(\O)c2ccc([N+](=O)[O-])cc2)C1c1ccc(O)c(OCC)c1. The number of ketones is 1. The van der Waals surface area contributed by atoms with Gasteiger partial charge in [-0.15, -0.1) is 0 Å². The molecular formula is C30H39N3O7. The van der Waals surface area contributed by atoms with Crippen LogP contribution in [0.5, 0.6) is 11.5 Å². The number of phenols is 1. The molecule has 2 aromatic carbocycles. The number of benzene rings is 2. The van der Waals surface area contributed by atoms with Crippen LogP contribution in [0.2, 0.25) is 0 Å². The Morgan fingerprint density at radius 1 is 1.00 bits per heavy atom. The first-order valence-corrected chi connectivity index (χ1v) is 13.9. The zero-order valence-electron chi connectivity index (χ0n) is 23.5. The van der Waals surface area contributed by atoms with Crippen molar-refractivity contribution in [3.8, 4) is 11.5 Å². The number of aliphatic hydroxyl groups excluding tert-OH is 1. The Balaban J connectivity index is 2.00. The van der Waals surface area contributed by atoms with Gasteiger partial charge in [0.1, 0.15) is 5.76 Å². The van der Waals surface area contributed by atoms with E-state index in [-0.39, 0.29) is 34.9 Å². The minimum absolute atomic E-state index is 0.0830. The number of hydrogen-bond acceptors (Lipinski definition) is 8. The molecule has 0 radical (unpaired) electrons. The number of amides is 1. The van der Waals surface area contributed by atoms with Gasteiger partial charge in [-0.05, 0) is 75.6 Å². The molecule has 0 spiro atoms. The molecule has 0 bridgehead atoms. The second-order valence-electron chi connectivity index (χ2n) is 9.86. The lowest BCUT2D eigenvalue weighted by Gasteiger charge is -2.28. The van der Waals surface area contributed by atoms with Gasteiger partial charge in [0.05, 0.1) is 23.1 Å². The highest BCUT2D eigenvalue weighted by Gasteiger charge is 2.46. The number of aromatic hydroxyl groups is 1. The first-order chi connectivity index (χ1) is 19.2. The van der Waals surface area contributed by atoms with Crippen molar-refractivity contribution in [1.29, 1.82) is 0 Å². The van der Waals surface area contributed by atoms with Crippen molar-refractivity contribution >= 4 is 23.1 Å². The summed E-state index contributed by atoms with van der Waals surface area (Å²) in [5, 5.41) is 32.6. The molecular weight excluding hydrogens is 514 g/mol. The number of aliphatic hydroxyl groups is 1. The van der Waals surface area contributed by atoms with Crippen LogP contribution < -0.4 is 4.74 Å². The molecule has 1 unspecified atom stereocenters. The van der Waals surface area contributed by atoms with Crippen molar-refractivity contribution in [3.05, 3.63) is 69.3 Å². The lowest BCUT2D eigenvalue weighted by Crippen LogP contribution is -2.34. The number of carbonyl (C=O) groups is 2. The molecule has 216 valence electrons. The van der Waals surface area contributed by atoms with Crippen LogP contribution in [0.4, 0.5) is 5.69 Å². The smallest absolute Gasteiger partial charge is 0.295 e. The summed E-state index contributed by atoms with van der Waals surface area (Å²) in [6.07, 6.45) is 4.96. The van der Waals surface area contributed by atoms with Crippen LogP contribution in [0.15, 0.2) is 48.0 Å². The topological polar surface area (TPSA) is 133 Å². The van der Waals surface area contributed by atoms with E-state index in [1.165, 1.54) is 35.2 Å². The van der Waals surface area contributed by atoms with Crippen molar-refractivity contribution < 1.29 is 29.5 Å². The van der Waals surface area contributed by atoms with Gasteiger partial charge in [0.25, 0.3) is 17.4 Å². The van der Waals surface area contributed by atoms with Crippen molar-refractivity contribution in [1.82, 2.24) is 9.80 Å². The standard InChI is InChI=1S/C30H39N3O7/c1-4-7-16-31(17-8-5-2)18-9-19-32-27(22-12-15-24(34)25(20-22)40-6-3)26(29(36)30(32)37)28(35)21-10-13-23(14-11-21)33(38)39/h10-15,20,27,34-35H,4-9,16-19H2,1-3H3/b28-26-.